The van der Waals surface area contributed by atoms with Gasteiger partial charge in [0.05, 0.1) is 7.11 Å². The van der Waals surface area contributed by atoms with Gasteiger partial charge in [0.1, 0.15) is 16.7 Å². The molecular formula is C16H14O5. The molecule has 0 saturated carbocycles. The van der Waals surface area contributed by atoms with Crippen LogP contribution in [0.1, 0.15) is 18.6 Å². The van der Waals surface area contributed by atoms with E-state index < -0.39 is 5.75 Å². The molecule has 5 nitrogen and oxygen atoms in total. The molecule has 1 aromatic carbocycles. The molecule has 1 heterocycles. The van der Waals surface area contributed by atoms with Crippen molar-refractivity contribution in [3.8, 4) is 17.2 Å². The zero-order valence-electron chi connectivity index (χ0n) is 11.4. The summed E-state index contributed by atoms with van der Waals surface area (Å²) in [5.74, 6) is -0.427. The fourth-order valence-corrected chi connectivity index (χ4v) is 2.41. The van der Waals surface area contributed by atoms with Gasteiger partial charge in [0.25, 0.3) is 0 Å². The van der Waals surface area contributed by atoms with E-state index >= 15 is 0 Å². The molecule has 3 rings (SSSR count). The van der Waals surface area contributed by atoms with Gasteiger partial charge >= 0.3 is 0 Å². The van der Waals surface area contributed by atoms with Crippen LogP contribution in [-0.2, 0) is 0 Å². The minimum atomic E-state index is -0.416. The third kappa shape index (κ3) is 2.16. The minimum Gasteiger partial charge on any atom is -0.504 e. The van der Waals surface area contributed by atoms with Crippen molar-refractivity contribution < 1.29 is 19.4 Å². The third-order valence-electron chi connectivity index (χ3n) is 3.41. The Labute approximate surface area is 120 Å². The monoisotopic (exact) mass is 286 g/mol. The van der Waals surface area contributed by atoms with E-state index in [-0.39, 0.29) is 27.9 Å². The van der Waals surface area contributed by atoms with Crippen molar-refractivity contribution in [2.24, 2.45) is 0 Å². The molecule has 1 aromatic heterocycles. The molecule has 0 fully saturated rings. The zero-order chi connectivity index (χ0) is 15.0. The predicted octanol–water partition coefficient (Wildman–Crippen LogP) is 2.95. The van der Waals surface area contributed by atoms with E-state index in [2.05, 4.69) is 0 Å². The average molecular weight is 286 g/mol. The van der Waals surface area contributed by atoms with E-state index in [1.54, 1.807) is 0 Å². The van der Waals surface area contributed by atoms with Crippen LogP contribution in [0.15, 0.2) is 39.6 Å². The van der Waals surface area contributed by atoms with Gasteiger partial charge in [-0.3, -0.25) is 4.79 Å². The number of ether oxygens (including phenoxy) is 1. The first-order valence-electron chi connectivity index (χ1n) is 6.55. The van der Waals surface area contributed by atoms with Gasteiger partial charge in [0.15, 0.2) is 16.9 Å². The molecular weight excluding hydrogens is 272 g/mol. The van der Waals surface area contributed by atoms with Crippen LogP contribution in [0.5, 0.6) is 17.2 Å². The van der Waals surface area contributed by atoms with Crippen LogP contribution in [0, 0.1) is 0 Å². The lowest BCUT2D eigenvalue weighted by atomic mass is 10.0. The number of methoxy groups -OCH3 is 1. The molecule has 108 valence electrons. The maximum Gasteiger partial charge on any atom is 0.203 e. The van der Waals surface area contributed by atoms with E-state index in [1.165, 1.54) is 19.2 Å². The van der Waals surface area contributed by atoms with Crippen molar-refractivity contribution in [3.05, 3.63) is 46.3 Å². The molecule has 0 atom stereocenters. The molecule has 2 aromatic rings. The van der Waals surface area contributed by atoms with Gasteiger partial charge in [-0.25, -0.2) is 0 Å². The molecule has 0 radical (unpaired) electrons. The number of benzene rings is 1. The molecule has 0 bridgehead atoms. The van der Waals surface area contributed by atoms with Crippen LogP contribution in [0.3, 0.4) is 0 Å². The molecule has 0 aliphatic heterocycles. The number of hydrogen-bond donors (Lipinski definition) is 2. The van der Waals surface area contributed by atoms with Crippen LogP contribution < -0.4 is 10.2 Å². The van der Waals surface area contributed by atoms with Crippen molar-refractivity contribution >= 4 is 16.5 Å². The van der Waals surface area contributed by atoms with Gasteiger partial charge < -0.3 is 19.4 Å². The normalized spacial score (nSPS) is 14.2. The Kier molecular flexibility index (Phi) is 3.17. The first-order valence-corrected chi connectivity index (χ1v) is 6.55. The second-order valence-electron chi connectivity index (χ2n) is 4.76. The number of phenols is 2. The molecule has 21 heavy (non-hydrogen) atoms. The lowest BCUT2D eigenvalue weighted by molar-refractivity contribution is 0.346. The van der Waals surface area contributed by atoms with Crippen LogP contribution in [-0.4, -0.2) is 17.3 Å². The first kappa shape index (κ1) is 13.3. The van der Waals surface area contributed by atoms with Gasteiger partial charge in [0.2, 0.25) is 5.75 Å². The Morgan fingerprint density at radius 3 is 2.71 bits per heavy atom. The Balaban J connectivity index is 2.28. The fourth-order valence-electron chi connectivity index (χ4n) is 2.41. The van der Waals surface area contributed by atoms with E-state index in [9.17, 15) is 15.0 Å². The van der Waals surface area contributed by atoms with Gasteiger partial charge in [-0.2, -0.15) is 0 Å². The Morgan fingerprint density at radius 2 is 2.05 bits per heavy atom. The van der Waals surface area contributed by atoms with Gasteiger partial charge in [-0.15, -0.1) is 0 Å². The molecule has 0 spiro atoms. The SMILES string of the molecule is COc1c(O)cc2oc(C3=CCCC=C3)cc(=O)c2c1O. The predicted molar refractivity (Wildman–Crippen MR) is 78.7 cm³/mol. The standard InChI is InChI=1S/C16H14O5/c1-20-16-11(18)8-13-14(15(16)19)10(17)7-12(21-13)9-5-3-2-4-6-9/h3,5-8,18-19H,2,4H2,1H3. The second-order valence-corrected chi connectivity index (χ2v) is 4.76. The van der Waals surface area contributed by atoms with Crippen LogP contribution in [0.2, 0.25) is 0 Å². The minimum absolute atomic E-state index is 0.00575. The van der Waals surface area contributed by atoms with Gasteiger partial charge in [-0.1, -0.05) is 18.2 Å². The summed E-state index contributed by atoms with van der Waals surface area (Å²) in [6, 6.07) is 2.60. The smallest absolute Gasteiger partial charge is 0.203 e. The zero-order valence-corrected chi connectivity index (χ0v) is 11.4. The topological polar surface area (TPSA) is 79.9 Å². The van der Waals surface area contributed by atoms with Crippen LogP contribution in [0.25, 0.3) is 16.5 Å². The largest absolute Gasteiger partial charge is 0.504 e. The van der Waals surface area contributed by atoms with E-state index in [4.69, 9.17) is 9.15 Å². The second kappa shape index (κ2) is 5.01. The quantitative estimate of drug-likeness (QED) is 0.887. The average Bonchev–Trinajstić information content (AvgIpc) is 2.47. The first-order chi connectivity index (χ1) is 10.1. The highest BCUT2D eigenvalue weighted by Gasteiger charge is 2.18. The summed E-state index contributed by atoms with van der Waals surface area (Å²) in [6.45, 7) is 0. The fraction of sp³-hybridized carbons (Fsp3) is 0.188. The van der Waals surface area contributed by atoms with Crippen molar-refractivity contribution in [2.75, 3.05) is 7.11 Å². The summed E-state index contributed by atoms with van der Waals surface area (Å²) in [5.41, 5.74) is 0.546. The van der Waals surface area contributed by atoms with Gasteiger partial charge in [-0.05, 0) is 12.8 Å². The van der Waals surface area contributed by atoms with E-state index in [0.29, 0.717) is 5.76 Å². The van der Waals surface area contributed by atoms with Crippen LogP contribution in [0.4, 0.5) is 0 Å². The number of hydrogen-bond acceptors (Lipinski definition) is 5. The molecule has 0 saturated heterocycles. The molecule has 0 amide bonds. The van der Waals surface area contributed by atoms with Crippen molar-refractivity contribution in [1.29, 1.82) is 0 Å². The number of allylic oxidation sites excluding steroid dienone is 4. The maximum atomic E-state index is 12.2. The lowest BCUT2D eigenvalue weighted by Crippen LogP contribution is -2.03. The Bertz CT molecular complexity index is 827. The molecule has 5 heteroatoms. The van der Waals surface area contributed by atoms with Crippen LogP contribution >= 0.6 is 0 Å². The molecule has 2 N–H and O–H groups in total. The highest BCUT2D eigenvalue weighted by atomic mass is 16.5. The number of aromatic hydroxyl groups is 2. The summed E-state index contributed by atoms with van der Waals surface area (Å²) < 4.78 is 10.5. The molecule has 1 aliphatic rings. The van der Waals surface area contributed by atoms with Crippen molar-refractivity contribution in [2.45, 2.75) is 12.8 Å². The van der Waals surface area contributed by atoms with Crippen molar-refractivity contribution in [3.63, 3.8) is 0 Å². The van der Waals surface area contributed by atoms with Crippen molar-refractivity contribution in [1.82, 2.24) is 0 Å². The number of rotatable bonds is 2. The Hall–Kier alpha value is -2.69. The summed E-state index contributed by atoms with van der Waals surface area (Å²) in [7, 11) is 1.30. The number of phenolic OH excluding ortho intramolecular Hbond substituents is 2. The van der Waals surface area contributed by atoms with E-state index in [0.717, 1.165) is 18.4 Å². The highest BCUT2D eigenvalue weighted by molar-refractivity contribution is 5.89. The highest BCUT2D eigenvalue weighted by Crippen LogP contribution is 2.41. The molecule has 1 aliphatic carbocycles. The Morgan fingerprint density at radius 1 is 1.24 bits per heavy atom. The lowest BCUT2D eigenvalue weighted by Gasteiger charge is -2.10. The molecule has 0 unspecified atom stereocenters. The van der Waals surface area contributed by atoms with Gasteiger partial charge in [0, 0.05) is 17.7 Å². The summed E-state index contributed by atoms with van der Waals surface area (Å²) in [6.07, 6.45) is 7.71. The summed E-state index contributed by atoms with van der Waals surface area (Å²) in [4.78, 5) is 12.2. The van der Waals surface area contributed by atoms with E-state index in [1.807, 2.05) is 18.2 Å². The maximum absolute atomic E-state index is 12.2. The summed E-state index contributed by atoms with van der Waals surface area (Å²) >= 11 is 0. The summed E-state index contributed by atoms with van der Waals surface area (Å²) in [5, 5.41) is 19.8. The third-order valence-corrected chi connectivity index (χ3v) is 3.41. The number of fused-ring (bicyclic) bond motifs is 1.